The van der Waals surface area contributed by atoms with E-state index in [1.165, 1.54) is 30.6 Å². The van der Waals surface area contributed by atoms with Crippen molar-refractivity contribution in [2.75, 3.05) is 18.8 Å². The van der Waals surface area contributed by atoms with Crippen molar-refractivity contribution in [1.82, 2.24) is 10.1 Å². The Hall–Kier alpha value is -2.09. The number of hydrogen-bond donors (Lipinski definition) is 1. The number of hydrazone groups is 1. The molecule has 22 heavy (non-hydrogen) atoms. The molecule has 0 aromatic heterocycles. The molecule has 7 nitrogen and oxygen atoms in total. The van der Waals surface area contributed by atoms with E-state index in [-0.39, 0.29) is 10.3 Å². The molecule has 0 aliphatic carbocycles. The normalized spacial score (nSPS) is 17.3. The molecule has 8 heteroatoms. The maximum absolute atomic E-state index is 12.2. The lowest BCUT2D eigenvalue weighted by atomic mass is 9.97. The van der Waals surface area contributed by atoms with Crippen LogP contribution in [0.3, 0.4) is 0 Å². The van der Waals surface area contributed by atoms with Gasteiger partial charge in [0, 0.05) is 23.9 Å². The number of hydrogen-bond acceptors (Lipinski definition) is 5. The molecule has 1 aromatic rings. The first-order valence-electron chi connectivity index (χ1n) is 6.99. The Labute approximate surface area is 131 Å². The van der Waals surface area contributed by atoms with Crippen molar-refractivity contribution >= 4 is 28.3 Å². The highest BCUT2D eigenvalue weighted by Gasteiger charge is 2.27. The van der Waals surface area contributed by atoms with Gasteiger partial charge in [0.15, 0.2) is 0 Å². The van der Waals surface area contributed by atoms with Gasteiger partial charge in [-0.3, -0.25) is 5.01 Å². The van der Waals surface area contributed by atoms with Crippen LogP contribution in [0, 0.1) is 5.41 Å². The van der Waals surface area contributed by atoms with E-state index in [1.807, 2.05) is 13.1 Å². The highest BCUT2D eigenvalue weighted by atomic mass is 32.2. The summed E-state index contributed by atoms with van der Waals surface area (Å²) in [6.45, 7) is 7.27. The van der Waals surface area contributed by atoms with E-state index >= 15 is 0 Å². The van der Waals surface area contributed by atoms with Crippen LogP contribution < -0.4 is 5.73 Å². The average molecular weight is 323 g/mol. The fraction of sp³-hybridized carbons (Fsp3) is 0.429. The van der Waals surface area contributed by atoms with Gasteiger partial charge in [-0.15, -0.1) is 4.40 Å². The Morgan fingerprint density at radius 3 is 2.55 bits per heavy atom. The molecule has 0 fully saturated rings. The fourth-order valence-corrected chi connectivity index (χ4v) is 2.78. The van der Waals surface area contributed by atoms with Gasteiger partial charge in [-0.2, -0.15) is 13.5 Å². The molecule has 0 atom stereocenters. The van der Waals surface area contributed by atoms with Crippen LogP contribution in [-0.4, -0.2) is 44.2 Å². The molecule has 0 saturated heterocycles. The minimum absolute atomic E-state index is 0.0446. The third kappa shape index (κ3) is 3.76. The van der Waals surface area contributed by atoms with E-state index in [4.69, 9.17) is 5.73 Å². The monoisotopic (exact) mass is 323 g/mol. The Kier molecular flexibility index (Phi) is 4.41. The largest absolute Gasteiger partial charge is 0.399 e. The number of sulfonamides is 1. The van der Waals surface area contributed by atoms with Gasteiger partial charge in [-0.25, -0.2) is 5.12 Å². The van der Waals surface area contributed by atoms with Crippen molar-refractivity contribution < 1.29 is 8.42 Å². The predicted molar refractivity (Wildman–Crippen MR) is 87.9 cm³/mol. The van der Waals surface area contributed by atoms with E-state index in [0.717, 1.165) is 0 Å². The number of anilines is 1. The Morgan fingerprint density at radius 1 is 1.41 bits per heavy atom. The Bertz CT molecular complexity index is 680. The molecule has 0 radical (unpaired) electrons. The Balaban J connectivity index is 2.15. The lowest BCUT2D eigenvalue weighted by Gasteiger charge is -2.28. The average Bonchev–Trinajstić information content (AvgIpc) is 2.80. The van der Waals surface area contributed by atoms with Gasteiger partial charge in [-0.05, 0) is 31.2 Å². The van der Waals surface area contributed by atoms with Crippen molar-refractivity contribution in [1.29, 1.82) is 0 Å². The van der Waals surface area contributed by atoms with Crippen molar-refractivity contribution in [3.8, 4) is 0 Å². The smallest absolute Gasteiger partial charge is 0.283 e. The third-order valence-corrected chi connectivity index (χ3v) is 4.45. The van der Waals surface area contributed by atoms with E-state index in [0.29, 0.717) is 18.8 Å². The SMILES string of the molecule is CCN(/C=N/S(=O)(=O)c1ccc(N)cc1)N1CC(C)(C)C=N1. The summed E-state index contributed by atoms with van der Waals surface area (Å²) in [5.74, 6) is 0. The third-order valence-electron chi connectivity index (χ3n) is 3.21. The van der Waals surface area contributed by atoms with Crippen LogP contribution in [0.25, 0.3) is 0 Å². The summed E-state index contributed by atoms with van der Waals surface area (Å²) >= 11 is 0. The first-order chi connectivity index (χ1) is 10.2. The van der Waals surface area contributed by atoms with Crippen molar-refractivity contribution in [3.63, 3.8) is 0 Å². The van der Waals surface area contributed by atoms with E-state index in [2.05, 4.69) is 23.3 Å². The standard InChI is InChI=1S/C14H21N5O2S/c1-4-18(19-10-14(2,3)9-16-19)11-17-22(20,21)13-7-5-12(15)6-8-13/h5-9,11H,4,10,15H2,1-3H3/b17-11+. The van der Waals surface area contributed by atoms with Gasteiger partial charge in [0.1, 0.15) is 6.34 Å². The van der Waals surface area contributed by atoms with Crippen LogP contribution in [0.1, 0.15) is 20.8 Å². The molecule has 0 spiro atoms. The molecule has 1 aliphatic heterocycles. The summed E-state index contributed by atoms with van der Waals surface area (Å²) in [7, 11) is -3.75. The molecule has 0 bridgehead atoms. The molecule has 2 rings (SSSR count). The molecule has 120 valence electrons. The summed E-state index contributed by atoms with van der Waals surface area (Å²) in [5, 5.41) is 7.65. The topological polar surface area (TPSA) is 91.4 Å². The van der Waals surface area contributed by atoms with Crippen LogP contribution in [-0.2, 0) is 10.0 Å². The molecule has 0 amide bonds. The van der Waals surface area contributed by atoms with E-state index in [1.54, 1.807) is 10.1 Å². The number of nitrogens with zero attached hydrogens (tertiary/aromatic N) is 4. The second-order valence-corrected chi connectivity index (χ2v) is 7.42. The van der Waals surface area contributed by atoms with Gasteiger partial charge in [-0.1, -0.05) is 13.8 Å². The van der Waals surface area contributed by atoms with Gasteiger partial charge in [0.2, 0.25) is 0 Å². The zero-order valence-electron chi connectivity index (χ0n) is 13.0. The maximum Gasteiger partial charge on any atom is 0.283 e. The van der Waals surface area contributed by atoms with Crippen LogP contribution in [0.4, 0.5) is 5.69 Å². The van der Waals surface area contributed by atoms with Gasteiger partial charge in [0.25, 0.3) is 10.0 Å². The zero-order valence-corrected chi connectivity index (χ0v) is 13.8. The number of rotatable bonds is 5. The van der Waals surface area contributed by atoms with Crippen LogP contribution in [0.15, 0.2) is 38.7 Å². The van der Waals surface area contributed by atoms with Crippen molar-refractivity contribution in [2.24, 2.45) is 14.9 Å². The summed E-state index contributed by atoms with van der Waals surface area (Å²) in [6, 6.07) is 5.95. The second-order valence-electron chi connectivity index (χ2n) is 5.78. The van der Waals surface area contributed by atoms with Crippen molar-refractivity contribution in [3.05, 3.63) is 24.3 Å². The summed E-state index contributed by atoms with van der Waals surface area (Å²) < 4.78 is 28.1. The Morgan fingerprint density at radius 2 is 2.05 bits per heavy atom. The molecule has 2 N–H and O–H groups in total. The van der Waals surface area contributed by atoms with Crippen LogP contribution in [0.2, 0.25) is 0 Å². The van der Waals surface area contributed by atoms with Gasteiger partial charge < -0.3 is 5.73 Å². The van der Waals surface area contributed by atoms with Crippen LogP contribution in [0.5, 0.6) is 0 Å². The van der Waals surface area contributed by atoms with Crippen LogP contribution >= 0.6 is 0 Å². The molecule has 0 unspecified atom stereocenters. The molecule has 0 saturated carbocycles. The van der Waals surface area contributed by atoms with Gasteiger partial charge in [0.05, 0.1) is 11.4 Å². The summed E-state index contributed by atoms with van der Waals surface area (Å²) in [5.41, 5.74) is 6.02. The number of nitrogen functional groups attached to an aromatic ring is 1. The molecular formula is C14H21N5O2S. The number of hydrazine groups is 1. The van der Waals surface area contributed by atoms with Crippen molar-refractivity contribution in [2.45, 2.75) is 25.7 Å². The highest BCUT2D eigenvalue weighted by Crippen LogP contribution is 2.21. The summed E-state index contributed by atoms with van der Waals surface area (Å²) in [4.78, 5) is 0.110. The molecule has 1 heterocycles. The van der Waals surface area contributed by atoms with E-state index < -0.39 is 10.0 Å². The molecular weight excluding hydrogens is 302 g/mol. The summed E-state index contributed by atoms with van der Waals surface area (Å²) in [6.07, 6.45) is 3.14. The zero-order chi connectivity index (χ0) is 16.4. The maximum atomic E-state index is 12.2. The number of benzene rings is 1. The highest BCUT2D eigenvalue weighted by molar-refractivity contribution is 7.90. The predicted octanol–water partition coefficient (Wildman–Crippen LogP) is 1.55. The molecule has 1 aromatic carbocycles. The lowest BCUT2D eigenvalue weighted by molar-refractivity contribution is 0.0545. The van der Waals surface area contributed by atoms with Gasteiger partial charge >= 0.3 is 0 Å². The first-order valence-corrected chi connectivity index (χ1v) is 8.43. The van der Waals surface area contributed by atoms with E-state index in [9.17, 15) is 8.42 Å². The quantitative estimate of drug-likeness (QED) is 0.504. The minimum Gasteiger partial charge on any atom is -0.399 e. The first kappa shape index (κ1) is 16.3. The number of nitrogens with two attached hydrogens (primary N) is 1. The fourth-order valence-electron chi connectivity index (χ4n) is 1.95. The molecule has 1 aliphatic rings. The lowest BCUT2D eigenvalue weighted by Crippen LogP contribution is -2.39. The minimum atomic E-state index is -3.75. The second kappa shape index (κ2) is 5.96.